The predicted molar refractivity (Wildman–Crippen MR) is 64.5 cm³/mol. The van der Waals surface area contributed by atoms with Gasteiger partial charge in [0.25, 0.3) is 0 Å². The number of rotatable bonds is 1. The van der Waals surface area contributed by atoms with Crippen LogP contribution >= 0.6 is 27.5 Å². The molecule has 0 bridgehead atoms. The molecule has 1 heterocycles. The normalized spacial score (nSPS) is 10.7. The Balaban J connectivity index is 2.80. The zero-order chi connectivity index (χ0) is 11.9. The van der Waals surface area contributed by atoms with E-state index >= 15 is 0 Å². The van der Waals surface area contributed by atoms with Crippen LogP contribution in [-0.4, -0.2) is 14.8 Å². The van der Waals surface area contributed by atoms with Crippen molar-refractivity contribution in [1.82, 2.24) is 14.8 Å². The molecule has 0 saturated carbocycles. The lowest BCUT2D eigenvalue weighted by molar-refractivity contribution is 0.945. The number of nitrogens with one attached hydrogen (secondary N) is 2. The Labute approximate surface area is 103 Å². The van der Waals surface area contributed by atoms with Crippen molar-refractivity contribution in [2.45, 2.75) is 6.92 Å². The van der Waals surface area contributed by atoms with Crippen molar-refractivity contribution in [3.05, 3.63) is 48.2 Å². The third kappa shape index (κ3) is 1.74. The van der Waals surface area contributed by atoms with Crippen LogP contribution in [0.5, 0.6) is 0 Å². The summed E-state index contributed by atoms with van der Waals surface area (Å²) >= 11 is 9.23. The van der Waals surface area contributed by atoms with Gasteiger partial charge in [0, 0.05) is 9.50 Å². The quantitative estimate of drug-likeness (QED) is 0.839. The van der Waals surface area contributed by atoms with Crippen LogP contribution in [-0.2, 0) is 0 Å². The van der Waals surface area contributed by atoms with Crippen molar-refractivity contribution in [3.63, 3.8) is 0 Å². The first kappa shape index (κ1) is 11.2. The van der Waals surface area contributed by atoms with Crippen LogP contribution in [0, 0.1) is 6.92 Å². The van der Waals surface area contributed by atoms with Gasteiger partial charge in [-0.15, -0.1) is 0 Å². The number of aromatic amines is 2. The zero-order valence-corrected chi connectivity index (χ0v) is 10.5. The van der Waals surface area contributed by atoms with Crippen LogP contribution < -0.4 is 11.4 Å². The molecular formula is C9H7BrClN3O2. The van der Waals surface area contributed by atoms with Crippen molar-refractivity contribution in [3.8, 4) is 5.69 Å². The summed E-state index contributed by atoms with van der Waals surface area (Å²) in [4.78, 5) is 22.8. The minimum Gasteiger partial charge on any atom is -0.247 e. The van der Waals surface area contributed by atoms with Crippen LogP contribution in [0.4, 0.5) is 0 Å². The summed E-state index contributed by atoms with van der Waals surface area (Å²) in [6, 6.07) is 3.31. The maximum absolute atomic E-state index is 11.4. The largest absolute Gasteiger partial charge is 0.349 e. The molecule has 0 aliphatic heterocycles. The van der Waals surface area contributed by atoms with Crippen LogP contribution in [0.2, 0.25) is 5.02 Å². The van der Waals surface area contributed by atoms with E-state index in [1.165, 1.54) is 0 Å². The molecule has 0 aliphatic carbocycles. The lowest BCUT2D eigenvalue weighted by Gasteiger charge is -2.05. The third-order valence-corrected chi connectivity index (χ3v) is 3.19. The second-order valence-electron chi connectivity index (χ2n) is 3.25. The average Bonchev–Trinajstić information content (AvgIpc) is 2.53. The Morgan fingerprint density at radius 1 is 1.25 bits per heavy atom. The molecule has 0 spiro atoms. The van der Waals surface area contributed by atoms with Crippen molar-refractivity contribution in [1.29, 1.82) is 0 Å². The van der Waals surface area contributed by atoms with E-state index in [0.29, 0.717) is 15.2 Å². The maximum Gasteiger partial charge on any atom is 0.349 e. The molecule has 1 aromatic heterocycles. The maximum atomic E-state index is 11.4. The van der Waals surface area contributed by atoms with Gasteiger partial charge in [-0.05, 0) is 40.5 Å². The summed E-state index contributed by atoms with van der Waals surface area (Å²) in [6.45, 7) is 1.83. The summed E-state index contributed by atoms with van der Waals surface area (Å²) in [7, 11) is 0. The number of nitrogens with zero attached hydrogens (tertiary/aromatic N) is 1. The SMILES string of the molecule is Cc1cc(Br)c(-n2c(=O)[nH][nH]c2=O)cc1Cl. The van der Waals surface area contributed by atoms with E-state index in [2.05, 4.69) is 26.1 Å². The van der Waals surface area contributed by atoms with Gasteiger partial charge < -0.3 is 0 Å². The molecular weight excluding hydrogens is 297 g/mol. The molecule has 0 saturated heterocycles. The Morgan fingerprint density at radius 2 is 1.81 bits per heavy atom. The first-order valence-corrected chi connectivity index (χ1v) is 5.53. The number of aromatic nitrogens is 3. The monoisotopic (exact) mass is 303 g/mol. The summed E-state index contributed by atoms with van der Waals surface area (Å²) < 4.78 is 1.59. The average molecular weight is 305 g/mol. The standard InChI is InChI=1S/C9H7BrClN3O2/c1-4-2-5(10)7(3-6(4)11)14-8(15)12-13-9(14)16/h2-3H,1H3,(H,12,15)(H,13,16). The minimum absolute atomic E-state index is 0.406. The number of hydrogen-bond acceptors (Lipinski definition) is 2. The number of hydrogen-bond donors (Lipinski definition) is 2. The van der Waals surface area contributed by atoms with Gasteiger partial charge in [-0.25, -0.2) is 24.4 Å². The van der Waals surface area contributed by atoms with Gasteiger partial charge in [-0.1, -0.05) is 11.6 Å². The highest BCUT2D eigenvalue weighted by Gasteiger charge is 2.11. The molecule has 0 aliphatic rings. The molecule has 1 aromatic carbocycles. The van der Waals surface area contributed by atoms with Crippen LogP contribution in [0.1, 0.15) is 5.56 Å². The van der Waals surface area contributed by atoms with E-state index in [-0.39, 0.29) is 0 Å². The second-order valence-corrected chi connectivity index (χ2v) is 4.51. The van der Waals surface area contributed by atoms with Gasteiger partial charge in [0.15, 0.2) is 0 Å². The van der Waals surface area contributed by atoms with E-state index in [1.807, 2.05) is 6.92 Å². The predicted octanol–water partition coefficient (Wildman–Crippen LogP) is 1.58. The summed E-state index contributed by atoms with van der Waals surface area (Å²) in [5.41, 5.74) is 0.191. The lowest BCUT2D eigenvalue weighted by atomic mass is 10.2. The Bertz CT molecular complexity index is 628. The molecule has 16 heavy (non-hydrogen) atoms. The van der Waals surface area contributed by atoms with E-state index in [4.69, 9.17) is 11.6 Å². The minimum atomic E-state index is -0.536. The fourth-order valence-corrected chi connectivity index (χ4v) is 2.13. The molecule has 2 N–H and O–H groups in total. The van der Waals surface area contributed by atoms with Gasteiger partial charge >= 0.3 is 11.4 Å². The lowest BCUT2D eigenvalue weighted by Crippen LogP contribution is -2.24. The highest BCUT2D eigenvalue weighted by molar-refractivity contribution is 9.10. The van der Waals surface area contributed by atoms with E-state index in [0.717, 1.165) is 10.1 Å². The third-order valence-electron chi connectivity index (χ3n) is 2.15. The summed E-state index contributed by atoms with van der Waals surface area (Å²) in [6.07, 6.45) is 0. The highest BCUT2D eigenvalue weighted by Crippen LogP contribution is 2.26. The molecule has 5 nitrogen and oxygen atoms in total. The van der Waals surface area contributed by atoms with Crippen molar-refractivity contribution in [2.75, 3.05) is 0 Å². The van der Waals surface area contributed by atoms with Crippen molar-refractivity contribution < 1.29 is 0 Å². The number of benzene rings is 1. The number of halogens is 2. The van der Waals surface area contributed by atoms with Crippen molar-refractivity contribution in [2.24, 2.45) is 0 Å². The molecule has 0 radical (unpaired) electrons. The van der Waals surface area contributed by atoms with E-state index in [1.54, 1.807) is 12.1 Å². The van der Waals surface area contributed by atoms with Gasteiger partial charge in [0.2, 0.25) is 0 Å². The molecule has 0 fully saturated rings. The van der Waals surface area contributed by atoms with Gasteiger partial charge in [-0.2, -0.15) is 0 Å². The van der Waals surface area contributed by atoms with E-state index in [9.17, 15) is 9.59 Å². The van der Waals surface area contributed by atoms with Crippen molar-refractivity contribution >= 4 is 27.5 Å². The molecule has 0 amide bonds. The highest BCUT2D eigenvalue weighted by atomic mass is 79.9. The summed E-state index contributed by atoms with van der Waals surface area (Å²) in [5.74, 6) is 0. The fraction of sp³-hybridized carbons (Fsp3) is 0.111. The molecule has 2 aromatic rings. The molecule has 7 heteroatoms. The smallest absolute Gasteiger partial charge is 0.247 e. The topological polar surface area (TPSA) is 70.7 Å². The fourth-order valence-electron chi connectivity index (χ4n) is 1.34. The van der Waals surface area contributed by atoms with Crippen LogP contribution in [0.25, 0.3) is 5.69 Å². The first-order chi connectivity index (χ1) is 7.50. The Kier molecular flexibility index (Phi) is 2.77. The van der Waals surface area contributed by atoms with Gasteiger partial charge in [0.1, 0.15) is 0 Å². The van der Waals surface area contributed by atoms with E-state index < -0.39 is 11.4 Å². The Hall–Kier alpha value is -1.27. The number of aryl methyl sites for hydroxylation is 1. The van der Waals surface area contributed by atoms with Gasteiger partial charge in [-0.3, -0.25) is 0 Å². The number of H-pyrrole nitrogens is 2. The molecule has 0 unspecified atom stereocenters. The van der Waals surface area contributed by atoms with Crippen LogP contribution in [0.15, 0.2) is 26.2 Å². The molecule has 84 valence electrons. The second kappa shape index (κ2) is 3.95. The Morgan fingerprint density at radius 3 is 2.38 bits per heavy atom. The zero-order valence-electron chi connectivity index (χ0n) is 8.17. The van der Waals surface area contributed by atoms with Crippen LogP contribution in [0.3, 0.4) is 0 Å². The van der Waals surface area contributed by atoms with Gasteiger partial charge in [0.05, 0.1) is 5.69 Å². The summed E-state index contributed by atoms with van der Waals surface area (Å²) in [5, 5.41) is 4.90. The molecule has 2 rings (SSSR count). The molecule has 0 atom stereocenters. The first-order valence-electron chi connectivity index (χ1n) is 4.36.